The molecule has 0 radical (unpaired) electrons. The molecule has 7 rings (SSSR count). The molecule has 4 aromatic rings. The summed E-state index contributed by atoms with van der Waals surface area (Å²) in [5.74, 6) is -1.45. The Labute approximate surface area is 430 Å². The number of hydrogen-bond donors (Lipinski definition) is 2. The first-order chi connectivity index (χ1) is 34.9. The number of aryl methyl sites for hydroxylation is 1. The molecule has 20 nitrogen and oxygen atoms in total. The van der Waals surface area contributed by atoms with Crippen LogP contribution in [0.25, 0.3) is 4.85 Å². The Bertz CT molecular complexity index is 2930. The molecule has 1 saturated heterocycles. The summed E-state index contributed by atoms with van der Waals surface area (Å²) >= 11 is 0. The Morgan fingerprint density at radius 1 is 0.905 bits per heavy atom. The number of carbonyl (C=O) groups excluding carboxylic acids is 4. The van der Waals surface area contributed by atoms with Crippen molar-refractivity contribution in [3.63, 3.8) is 0 Å². The van der Waals surface area contributed by atoms with Crippen molar-refractivity contribution in [1.29, 1.82) is 0 Å². The number of aromatic nitrogens is 2. The minimum atomic E-state index is -1.69. The molecule has 4 heterocycles. The lowest BCUT2D eigenvalue weighted by Crippen LogP contribution is -2.36. The smallest absolute Gasteiger partial charge is 0.456 e. The standard InChI is InChI=1S/C53H64N5O15P/c1-30(2)58(31(3)4)74(66-23-22-54-11)67-29-43-42(65-12)27-44(70-43)57-28-34(46(60)56-49(57)63)14-13-21-55-45(59)32-15-18-36-39(24-32)53(72-48(36)62)37-19-16-33(47(61)71-51(5,6)7)25-40(37)69-41-26-35(17-20-38(41)53)68-50(64)73-52(8,9)10/h15-20,24-26,28,30-31,42-44H,13-14,21-23,27,29H2,1-10,12H3,(H,55,59)(H,56,60,63)/t42?,43-,44?,53?,74?/m1/s1. The Morgan fingerprint density at radius 2 is 1.58 bits per heavy atom. The lowest BCUT2D eigenvalue weighted by atomic mass is 9.77. The van der Waals surface area contributed by atoms with Crippen molar-refractivity contribution in [3.05, 3.63) is 132 Å². The topological polar surface area (TPSA) is 226 Å². The van der Waals surface area contributed by atoms with Gasteiger partial charge in [-0.2, -0.15) is 0 Å². The van der Waals surface area contributed by atoms with Gasteiger partial charge in [0.2, 0.25) is 6.54 Å². The highest BCUT2D eigenvalue weighted by molar-refractivity contribution is 7.44. The highest BCUT2D eigenvalue weighted by atomic mass is 31.2. The fourth-order valence-corrected chi connectivity index (χ4v) is 10.6. The first-order valence-corrected chi connectivity index (χ1v) is 25.5. The van der Waals surface area contributed by atoms with Gasteiger partial charge in [-0.1, -0.05) is 0 Å². The van der Waals surface area contributed by atoms with E-state index in [2.05, 4.69) is 19.8 Å². The minimum absolute atomic E-state index is 0.0609. The summed E-state index contributed by atoms with van der Waals surface area (Å²) in [5.41, 5.74) is -2.73. The SMILES string of the molecule is [C-]#[N+]CCOP(OC[C@H]1OC(n2cc(CCCNC(=O)c3ccc4c(c3)C3(OC4=O)c4ccc(OC(=O)OC(C)(C)C)cc4Oc4cc(C(=O)OC(C)(C)C)ccc43)c(=O)[nH]c2=O)CC1OC)N(C(C)C)C(C)C. The second kappa shape index (κ2) is 22.6. The van der Waals surface area contributed by atoms with Gasteiger partial charge in [-0.15, -0.1) is 0 Å². The van der Waals surface area contributed by atoms with Crippen molar-refractivity contribution < 1.29 is 61.4 Å². The summed E-state index contributed by atoms with van der Waals surface area (Å²) in [5, 5.41) is 2.90. The quantitative estimate of drug-likeness (QED) is 0.0238. The van der Waals surface area contributed by atoms with Gasteiger partial charge in [0.05, 0.1) is 23.8 Å². The molecule has 1 spiro atoms. The number of rotatable bonds is 18. The zero-order valence-electron chi connectivity index (χ0n) is 43.5. The molecule has 0 aliphatic carbocycles. The summed E-state index contributed by atoms with van der Waals surface area (Å²) in [7, 11) is -0.00326. The molecule has 21 heteroatoms. The van der Waals surface area contributed by atoms with E-state index in [0.29, 0.717) is 35.1 Å². The van der Waals surface area contributed by atoms with E-state index < -0.39 is 79.0 Å². The largest absolute Gasteiger partial charge is 0.514 e. The Kier molecular flexibility index (Phi) is 16.9. The highest BCUT2D eigenvalue weighted by Crippen LogP contribution is 2.57. The van der Waals surface area contributed by atoms with E-state index in [9.17, 15) is 28.8 Å². The molecule has 1 aromatic heterocycles. The fourth-order valence-electron chi connectivity index (χ4n) is 8.95. The van der Waals surface area contributed by atoms with Crippen LogP contribution in [-0.4, -0.2) is 107 Å². The molecule has 3 aliphatic heterocycles. The van der Waals surface area contributed by atoms with Crippen LogP contribution in [0.4, 0.5) is 4.79 Å². The average molecular weight is 1040 g/mol. The third kappa shape index (κ3) is 12.4. The van der Waals surface area contributed by atoms with Gasteiger partial charge in [0.25, 0.3) is 20.0 Å². The second-order valence-corrected chi connectivity index (χ2v) is 22.0. The molecule has 396 valence electrons. The average Bonchev–Trinajstić information content (AvgIpc) is 3.86. The van der Waals surface area contributed by atoms with Crippen LogP contribution < -0.4 is 26.0 Å². The number of nitrogens with one attached hydrogen (secondary N) is 2. The van der Waals surface area contributed by atoms with Gasteiger partial charge in [0.1, 0.15) is 47.4 Å². The molecular weight excluding hydrogens is 978 g/mol. The number of carbonyl (C=O) groups is 4. The zero-order chi connectivity index (χ0) is 53.9. The van der Waals surface area contributed by atoms with Crippen molar-refractivity contribution in [2.75, 3.05) is 33.4 Å². The number of hydrogen-bond acceptors (Lipinski definition) is 16. The number of benzene rings is 3. The molecule has 74 heavy (non-hydrogen) atoms. The summed E-state index contributed by atoms with van der Waals surface area (Å²) < 4.78 is 57.0. The maximum absolute atomic E-state index is 13.9. The van der Waals surface area contributed by atoms with Crippen LogP contribution in [0.1, 0.15) is 142 Å². The molecule has 1 fully saturated rings. The summed E-state index contributed by atoms with van der Waals surface area (Å²) in [6, 6.07) is 13.9. The van der Waals surface area contributed by atoms with Crippen LogP contribution in [0, 0.1) is 6.57 Å². The number of esters is 2. The van der Waals surface area contributed by atoms with Crippen molar-refractivity contribution in [2.24, 2.45) is 0 Å². The summed E-state index contributed by atoms with van der Waals surface area (Å²) in [4.78, 5) is 85.8. The van der Waals surface area contributed by atoms with Gasteiger partial charge in [0.15, 0.2) is 5.60 Å². The van der Waals surface area contributed by atoms with Crippen molar-refractivity contribution >= 4 is 32.5 Å². The molecule has 1 amide bonds. The van der Waals surface area contributed by atoms with Crippen LogP contribution in [0.15, 0.2) is 70.4 Å². The fraction of sp³-hybridized carbons (Fsp3) is 0.491. The van der Waals surface area contributed by atoms with Crippen LogP contribution in [-0.2, 0) is 44.8 Å². The van der Waals surface area contributed by atoms with Crippen LogP contribution >= 0.6 is 8.53 Å². The maximum Gasteiger partial charge on any atom is 0.514 e. The number of H-pyrrole nitrogens is 1. The molecule has 0 bridgehead atoms. The number of nitrogens with zero attached hydrogens (tertiary/aromatic N) is 3. The van der Waals surface area contributed by atoms with Crippen molar-refractivity contribution in [2.45, 2.75) is 136 Å². The molecule has 3 aliphatic rings. The van der Waals surface area contributed by atoms with Gasteiger partial charge in [-0.3, -0.25) is 19.1 Å². The Balaban J connectivity index is 1.08. The predicted molar refractivity (Wildman–Crippen MR) is 270 cm³/mol. The van der Waals surface area contributed by atoms with Crippen LogP contribution in [0.3, 0.4) is 0 Å². The van der Waals surface area contributed by atoms with Crippen LogP contribution in [0.2, 0.25) is 0 Å². The van der Waals surface area contributed by atoms with E-state index in [1.165, 1.54) is 47.2 Å². The van der Waals surface area contributed by atoms with Crippen molar-refractivity contribution in [1.82, 2.24) is 19.5 Å². The summed E-state index contributed by atoms with van der Waals surface area (Å²) in [6.45, 7) is 26.2. The van der Waals surface area contributed by atoms with Gasteiger partial charge in [-0.25, -0.2) is 30.4 Å². The molecule has 0 saturated carbocycles. The van der Waals surface area contributed by atoms with Gasteiger partial charge >= 0.3 is 23.8 Å². The monoisotopic (exact) mass is 1040 g/mol. The number of methoxy groups -OCH3 is 1. The highest BCUT2D eigenvalue weighted by Gasteiger charge is 2.54. The normalized spacial score (nSPS) is 19.3. The lowest BCUT2D eigenvalue weighted by Gasteiger charge is -2.37. The molecule has 2 N–H and O–H groups in total. The number of ether oxygens (including phenoxy) is 7. The predicted octanol–water partition coefficient (Wildman–Crippen LogP) is 8.34. The number of fused-ring (bicyclic) bond motifs is 6. The van der Waals surface area contributed by atoms with E-state index in [-0.39, 0.29) is 78.7 Å². The van der Waals surface area contributed by atoms with Gasteiger partial charge < -0.3 is 52.4 Å². The Morgan fingerprint density at radius 3 is 2.24 bits per heavy atom. The first kappa shape index (κ1) is 55.3. The van der Waals surface area contributed by atoms with Crippen molar-refractivity contribution in [3.8, 4) is 17.2 Å². The second-order valence-electron chi connectivity index (χ2n) is 20.5. The molecule has 5 atom stereocenters. The number of amides is 1. The van der Waals surface area contributed by atoms with Gasteiger partial charge in [-0.05, 0) is 131 Å². The molecule has 3 aromatic carbocycles. The first-order valence-electron chi connectivity index (χ1n) is 24.4. The minimum Gasteiger partial charge on any atom is -0.456 e. The van der Waals surface area contributed by atoms with E-state index in [4.69, 9.17) is 48.8 Å². The molecule has 4 unspecified atom stereocenters. The molecular formula is C53H64N5O15P. The van der Waals surface area contributed by atoms with Gasteiger partial charge in [0, 0.05) is 72.2 Å². The third-order valence-electron chi connectivity index (χ3n) is 12.0. The maximum atomic E-state index is 13.9. The number of aromatic amines is 1. The lowest BCUT2D eigenvalue weighted by molar-refractivity contribution is -0.0509. The summed E-state index contributed by atoms with van der Waals surface area (Å²) in [6.07, 6.45) is -0.530. The zero-order valence-corrected chi connectivity index (χ0v) is 44.4. The van der Waals surface area contributed by atoms with E-state index in [1.807, 2.05) is 27.7 Å². The van der Waals surface area contributed by atoms with E-state index in [0.717, 1.165) is 0 Å². The van der Waals surface area contributed by atoms with E-state index in [1.54, 1.807) is 66.9 Å². The van der Waals surface area contributed by atoms with E-state index >= 15 is 0 Å². The third-order valence-corrected chi connectivity index (χ3v) is 14.1. The van der Waals surface area contributed by atoms with Crippen LogP contribution in [0.5, 0.6) is 17.2 Å². The Hall–Kier alpha value is -6.46.